The molecule has 1 aliphatic rings. The topological polar surface area (TPSA) is 138 Å². The monoisotopic (exact) mass is 630 g/mol. The Balaban J connectivity index is 1.67. The van der Waals surface area contributed by atoms with E-state index in [1.807, 2.05) is 6.92 Å². The molecule has 0 bridgehead atoms. The van der Waals surface area contributed by atoms with E-state index in [0.717, 1.165) is 0 Å². The van der Waals surface area contributed by atoms with Crippen molar-refractivity contribution >= 4 is 44.9 Å². The van der Waals surface area contributed by atoms with Gasteiger partial charge in [0.25, 0.3) is 5.91 Å². The number of benzene rings is 3. The van der Waals surface area contributed by atoms with Crippen molar-refractivity contribution in [3.8, 4) is 11.5 Å². The quantitative estimate of drug-likeness (QED) is 0.316. The molecule has 43 heavy (non-hydrogen) atoms. The third-order valence-electron chi connectivity index (χ3n) is 7.25. The number of nitrogens with zero attached hydrogens (tertiary/aromatic N) is 2. The van der Waals surface area contributed by atoms with E-state index in [2.05, 4.69) is 10.6 Å². The van der Waals surface area contributed by atoms with Gasteiger partial charge in [-0.05, 0) is 67.6 Å². The number of likely N-dealkylation sites (N-methyl/N-ethyl adjacent to an activating group) is 1. The van der Waals surface area contributed by atoms with Crippen LogP contribution in [0.3, 0.4) is 0 Å². The Kier molecular flexibility index (Phi) is 10.2. The van der Waals surface area contributed by atoms with Gasteiger partial charge < -0.3 is 30.1 Å². The summed E-state index contributed by atoms with van der Waals surface area (Å²) < 4.78 is 39.5. The highest BCUT2D eigenvalue weighted by Crippen LogP contribution is 2.35. The number of nitrogens with one attached hydrogen (secondary N) is 2. The fourth-order valence-electron chi connectivity index (χ4n) is 4.66. The number of halogens is 1. The molecule has 3 atom stereocenters. The summed E-state index contributed by atoms with van der Waals surface area (Å²) in [6.07, 6.45) is -0.736. The van der Waals surface area contributed by atoms with Gasteiger partial charge in [0, 0.05) is 30.2 Å². The average molecular weight is 631 g/mol. The van der Waals surface area contributed by atoms with E-state index in [9.17, 15) is 23.1 Å². The van der Waals surface area contributed by atoms with Gasteiger partial charge in [-0.2, -0.15) is 4.31 Å². The maximum atomic E-state index is 13.7. The number of carbonyl (C=O) groups is 2. The van der Waals surface area contributed by atoms with E-state index in [-0.39, 0.29) is 53.4 Å². The van der Waals surface area contributed by atoms with Crippen LogP contribution in [0.1, 0.15) is 24.2 Å². The molecule has 3 amide bonds. The van der Waals surface area contributed by atoms with Gasteiger partial charge in [0.15, 0.2) is 5.75 Å². The van der Waals surface area contributed by atoms with Crippen LogP contribution in [0.2, 0.25) is 5.02 Å². The maximum absolute atomic E-state index is 13.7. The normalized spacial score (nSPS) is 17.7. The molecule has 0 unspecified atom stereocenters. The third kappa shape index (κ3) is 7.39. The van der Waals surface area contributed by atoms with Crippen LogP contribution in [0.15, 0.2) is 71.6 Å². The minimum Gasteiger partial charge on any atom is -0.497 e. The lowest BCUT2D eigenvalue weighted by Gasteiger charge is -2.38. The Hall–Kier alpha value is -3.84. The van der Waals surface area contributed by atoms with Gasteiger partial charge in [-0.25, -0.2) is 13.2 Å². The van der Waals surface area contributed by atoms with Crippen LogP contribution in [-0.2, 0) is 10.0 Å². The molecule has 3 N–H and O–H groups in total. The number of methoxy groups -OCH3 is 1. The minimum atomic E-state index is -3.91. The fourth-order valence-corrected chi connectivity index (χ4v) is 5.97. The van der Waals surface area contributed by atoms with Gasteiger partial charge in [-0.15, -0.1) is 0 Å². The molecule has 0 saturated heterocycles. The highest BCUT2D eigenvalue weighted by Gasteiger charge is 2.36. The fraction of sp³-hybridized carbons (Fsp3) is 0.333. The van der Waals surface area contributed by atoms with Crippen molar-refractivity contribution in [1.82, 2.24) is 9.21 Å². The molecule has 4 rings (SSSR count). The van der Waals surface area contributed by atoms with Crippen molar-refractivity contribution in [2.45, 2.75) is 30.9 Å². The third-order valence-corrected chi connectivity index (χ3v) is 9.34. The molecule has 3 aromatic carbocycles. The standard InChI is InChI=1S/C30H35ClN4O7S/c1-19-16-35(20(2)18-36)29(37)25-6-5-7-26(33-30(38)32-22-10-12-23(41-4)13-11-22)28(25)42-27(19)17-34(3)43(39,40)24-14-8-21(31)9-15-24/h5-15,19-20,27,36H,16-18H2,1-4H3,(H2,32,33,38)/t19-,20-,27-/m0/s1. The first-order valence-corrected chi connectivity index (χ1v) is 15.4. The number of hydrogen-bond donors (Lipinski definition) is 3. The molecule has 0 aromatic heterocycles. The van der Waals surface area contributed by atoms with Gasteiger partial charge >= 0.3 is 6.03 Å². The Morgan fingerprint density at radius 1 is 1.14 bits per heavy atom. The second-order valence-electron chi connectivity index (χ2n) is 10.4. The van der Waals surface area contributed by atoms with E-state index in [0.29, 0.717) is 16.5 Å². The van der Waals surface area contributed by atoms with E-state index in [4.69, 9.17) is 21.1 Å². The zero-order valence-electron chi connectivity index (χ0n) is 24.3. The van der Waals surface area contributed by atoms with Crippen LogP contribution in [0.5, 0.6) is 11.5 Å². The lowest BCUT2D eigenvalue weighted by Crippen LogP contribution is -2.50. The van der Waals surface area contributed by atoms with E-state index in [1.165, 1.54) is 40.5 Å². The highest BCUT2D eigenvalue weighted by atomic mass is 35.5. The second kappa shape index (κ2) is 13.6. The summed E-state index contributed by atoms with van der Waals surface area (Å²) in [5.74, 6) is -0.0214. The Labute approximate surface area is 256 Å². The number of ether oxygens (including phenoxy) is 2. The number of amides is 3. The first-order chi connectivity index (χ1) is 20.4. The lowest BCUT2D eigenvalue weighted by atomic mass is 9.99. The van der Waals surface area contributed by atoms with Crippen molar-refractivity contribution in [2.75, 3.05) is 44.5 Å². The predicted molar refractivity (Wildman–Crippen MR) is 165 cm³/mol. The summed E-state index contributed by atoms with van der Waals surface area (Å²) in [7, 11) is -0.913. The first-order valence-electron chi connectivity index (χ1n) is 13.6. The first kappa shape index (κ1) is 32.1. The van der Waals surface area contributed by atoms with Crippen molar-refractivity contribution in [1.29, 1.82) is 0 Å². The number of carbonyl (C=O) groups excluding carboxylic acids is 2. The van der Waals surface area contributed by atoms with Crippen LogP contribution in [0.25, 0.3) is 0 Å². The van der Waals surface area contributed by atoms with Gasteiger partial charge in [-0.1, -0.05) is 24.6 Å². The molecule has 230 valence electrons. The van der Waals surface area contributed by atoms with Crippen LogP contribution in [0, 0.1) is 5.92 Å². The second-order valence-corrected chi connectivity index (χ2v) is 12.8. The zero-order valence-corrected chi connectivity index (χ0v) is 25.9. The largest absolute Gasteiger partial charge is 0.497 e. The molecule has 0 fully saturated rings. The molecule has 1 aliphatic heterocycles. The van der Waals surface area contributed by atoms with E-state index < -0.39 is 28.2 Å². The van der Waals surface area contributed by atoms with Gasteiger partial charge in [0.2, 0.25) is 10.0 Å². The SMILES string of the molecule is COc1ccc(NC(=O)Nc2cccc3c2O[C@@H](CN(C)S(=O)(=O)c2ccc(Cl)cc2)[C@@H](C)CN([C@@H](C)CO)C3=O)cc1. The highest BCUT2D eigenvalue weighted by molar-refractivity contribution is 7.89. The van der Waals surface area contributed by atoms with E-state index >= 15 is 0 Å². The van der Waals surface area contributed by atoms with Crippen LogP contribution < -0.4 is 20.1 Å². The smallest absolute Gasteiger partial charge is 0.323 e. The van der Waals surface area contributed by atoms with Gasteiger partial charge in [-0.3, -0.25) is 4.79 Å². The van der Waals surface area contributed by atoms with Crippen molar-refractivity contribution in [2.24, 2.45) is 5.92 Å². The zero-order chi connectivity index (χ0) is 31.3. The Bertz CT molecular complexity index is 1550. The summed E-state index contributed by atoms with van der Waals surface area (Å²) in [6, 6.07) is 16.3. The molecule has 0 radical (unpaired) electrons. The predicted octanol–water partition coefficient (Wildman–Crippen LogP) is 4.53. The molecule has 0 saturated carbocycles. The number of aliphatic hydroxyl groups is 1. The van der Waals surface area contributed by atoms with Crippen LogP contribution >= 0.6 is 11.6 Å². The van der Waals surface area contributed by atoms with Crippen molar-refractivity contribution < 1.29 is 32.6 Å². The van der Waals surface area contributed by atoms with Gasteiger partial charge in [0.05, 0.1) is 42.4 Å². The molecule has 0 aliphatic carbocycles. The summed E-state index contributed by atoms with van der Waals surface area (Å²) in [5.41, 5.74) is 0.899. The Morgan fingerprint density at radius 3 is 2.44 bits per heavy atom. The minimum absolute atomic E-state index is 0.0620. The molecular formula is C30H35ClN4O7S. The number of anilines is 2. The number of hydrogen-bond acceptors (Lipinski definition) is 7. The number of rotatable bonds is 9. The number of aliphatic hydroxyl groups excluding tert-OH is 1. The molecule has 13 heteroatoms. The summed E-state index contributed by atoms with van der Waals surface area (Å²) >= 11 is 5.95. The van der Waals surface area contributed by atoms with E-state index in [1.54, 1.807) is 56.5 Å². The molecular weight excluding hydrogens is 596 g/mol. The average Bonchev–Trinajstić information content (AvgIpc) is 2.99. The molecule has 1 heterocycles. The molecule has 11 nitrogen and oxygen atoms in total. The van der Waals surface area contributed by atoms with Crippen LogP contribution in [-0.4, -0.2) is 80.7 Å². The summed E-state index contributed by atoms with van der Waals surface area (Å²) in [6.45, 7) is 3.44. The maximum Gasteiger partial charge on any atom is 0.323 e. The summed E-state index contributed by atoms with van der Waals surface area (Å²) in [4.78, 5) is 28.3. The van der Waals surface area contributed by atoms with Gasteiger partial charge in [0.1, 0.15) is 11.9 Å². The number of sulfonamides is 1. The lowest BCUT2D eigenvalue weighted by molar-refractivity contribution is 0.0389. The van der Waals surface area contributed by atoms with Crippen molar-refractivity contribution in [3.05, 3.63) is 77.3 Å². The number of urea groups is 1. The molecule has 0 spiro atoms. The van der Waals surface area contributed by atoms with Crippen molar-refractivity contribution in [3.63, 3.8) is 0 Å². The van der Waals surface area contributed by atoms with Crippen LogP contribution in [0.4, 0.5) is 16.2 Å². The number of fused-ring (bicyclic) bond motifs is 1. The summed E-state index contributed by atoms with van der Waals surface area (Å²) in [5, 5.41) is 15.8. The Morgan fingerprint density at radius 2 is 1.81 bits per heavy atom. The molecule has 3 aromatic rings. The number of para-hydroxylation sites is 1.